The molecular formula is C36H47N3O4. The lowest BCUT2D eigenvalue weighted by Gasteiger charge is -2.44. The summed E-state index contributed by atoms with van der Waals surface area (Å²) in [4.78, 5) is 43.7. The third-order valence-electron chi connectivity index (χ3n) is 7.40. The largest absolute Gasteiger partial charge is 0.444 e. The second-order valence-electron chi connectivity index (χ2n) is 12.8. The van der Waals surface area contributed by atoms with Crippen molar-refractivity contribution in [3.8, 4) is 0 Å². The van der Waals surface area contributed by atoms with Gasteiger partial charge in [0.2, 0.25) is 11.8 Å². The number of aryl methyl sites for hydroxylation is 2. The zero-order chi connectivity index (χ0) is 31.8. The minimum atomic E-state index is -0.974. The summed E-state index contributed by atoms with van der Waals surface area (Å²) in [6, 6.07) is 23.3. The number of carbonyl (C=O) groups excluding carboxylic acids is 3. The van der Waals surface area contributed by atoms with Crippen LogP contribution in [-0.4, -0.2) is 40.0 Å². The Kier molecular flexibility index (Phi) is 11.1. The second-order valence-corrected chi connectivity index (χ2v) is 12.8. The molecule has 0 saturated heterocycles. The number of amides is 3. The average Bonchev–Trinajstić information content (AvgIpc) is 2.93. The molecule has 0 heterocycles. The van der Waals surface area contributed by atoms with Gasteiger partial charge in [-0.05, 0) is 71.6 Å². The van der Waals surface area contributed by atoms with Crippen LogP contribution in [0.15, 0.2) is 78.9 Å². The summed E-state index contributed by atoms with van der Waals surface area (Å²) in [5, 5.41) is 5.92. The maximum Gasteiger partial charge on any atom is 0.408 e. The molecule has 0 saturated carbocycles. The zero-order valence-corrected chi connectivity index (χ0v) is 26.9. The van der Waals surface area contributed by atoms with Gasteiger partial charge in [-0.15, -0.1) is 0 Å². The van der Waals surface area contributed by atoms with E-state index < -0.39 is 29.3 Å². The Morgan fingerprint density at radius 2 is 1.35 bits per heavy atom. The van der Waals surface area contributed by atoms with Crippen LogP contribution in [0.5, 0.6) is 0 Å². The monoisotopic (exact) mass is 585 g/mol. The lowest BCUT2D eigenvalue weighted by molar-refractivity contribution is -0.149. The van der Waals surface area contributed by atoms with E-state index in [-0.39, 0.29) is 18.2 Å². The van der Waals surface area contributed by atoms with Crippen molar-refractivity contribution in [2.45, 2.75) is 98.0 Å². The van der Waals surface area contributed by atoms with Crippen molar-refractivity contribution in [2.75, 3.05) is 0 Å². The van der Waals surface area contributed by atoms with E-state index in [0.717, 1.165) is 22.3 Å². The number of nitrogens with zero attached hydrogens (tertiary/aromatic N) is 1. The van der Waals surface area contributed by atoms with Gasteiger partial charge in [0.15, 0.2) is 0 Å². The van der Waals surface area contributed by atoms with Gasteiger partial charge in [-0.1, -0.05) is 96.9 Å². The summed E-state index contributed by atoms with van der Waals surface area (Å²) in [6.45, 7) is 15.5. The third kappa shape index (κ3) is 9.70. The Balaban J connectivity index is 2.12. The van der Waals surface area contributed by atoms with Crippen LogP contribution < -0.4 is 10.6 Å². The molecule has 0 radical (unpaired) electrons. The van der Waals surface area contributed by atoms with Crippen LogP contribution in [0.25, 0.3) is 0 Å². The van der Waals surface area contributed by atoms with Crippen LogP contribution in [0.1, 0.15) is 81.8 Å². The van der Waals surface area contributed by atoms with E-state index in [2.05, 4.69) is 10.6 Å². The second kappa shape index (κ2) is 14.4. The number of carbonyl (C=O) groups is 3. The normalized spacial score (nSPS) is 13.0. The number of benzene rings is 3. The Bertz CT molecular complexity index is 1360. The minimum Gasteiger partial charge on any atom is -0.444 e. The SMILES string of the molecule is CCC(C)(C)N(C(=O)C(Cc1ccccc1)NC(=O)OC(C)(C)C)C(C(=O)NCc1ccccc1)c1cc(C)cc(C)c1. The first-order valence-electron chi connectivity index (χ1n) is 15.0. The zero-order valence-electron chi connectivity index (χ0n) is 26.9. The molecule has 0 aliphatic heterocycles. The summed E-state index contributed by atoms with van der Waals surface area (Å²) in [6.07, 6.45) is 0.129. The molecule has 2 N–H and O–H groups in total. The first kappa shape index (κ1) is 33.4. The number of hydrogen-bond donors (Lipinski definition) is 2. The standard InChI is InChI=1S/C36H47N3O4/c1-9-36(7,8)39(33(41)30(23-27-16-12-10-13-17-27)38-34(42)43-35(4,5)6)31(29-21-25(2)20-26(3)22-29)32(40)37-24-28-18-14-11-15-19-28/h10-22,30-31H,9,23-24H2,1-8H3,(H,37,40)(H,38,42). The topological polar surface area (TPSA) is 87.7 Å². The quantitative estimate of drug-likeness (QED) is 0.259. The molecule has 0 fully saturated rings. The predicted molar refractivity (Wildman–Crippen MR) is 171 cm³/mol. The molecule has 230 valence electrons. The molecule has 43 heavy (non-hydrogen) atoms. The van der Waals surface area contributed by atoms with E-state index in [1.165, 1.54) is 0 Å². The highest BCUT2D eigenvalue weighted by atomic mass is 16.6. The molecule has 2 atom stereocenters. The highest BCUT2D eigenvalue weighted by Gasteiger charge is 2.43. The summed E-state index contributed by atoms with van der Waals surface area (Å²) >= 11 is 0. The van der Waals surface area contributed by atoms with Crippen molar-refractivity contribution < 1.29 is 19.1 Å². The van der Waals surface area contributed by atoms with Crippen molar-refractivity contribution in [3.05, 3.63) is 107 Å². The van der Waals surface area contributed by atoms with Crippen molar-refractivity contribution in [1.82, 2.24) is 15.5 Å². The van der Waals surface area contributed by atoms with E-state index >= 15 is 0 Å². The summed E-state index contributed by atoms with van der Waals surface area (Å²) in [5.74, 6) is -0.653. The van der Waals surface area contributed by atoms with Gasteiger partial charge in [-0.3, -0.25) is 9.59 Å². The Labute approximate surface area is 257 Å². The van der Waals surface area contributed by atoms with E-state index in [1.807, 2.05) is 113 Å². The molecule has 7 nitrogen and oxygen atoms in total. The fourth-order valence-corrected chi connectivity index (χ4v) is 5.08. The van der Waals surface area contributed by atoms with Gasteiger partial charge < -0.3 is 20.3 Å². The van der Waals surface area contributed by atoms with Gasteiger partial charge in [0.05, 0.1) is 0 Å². The highest BCUT2D eigenvalue weighted by Crippen LogP contribution is 2.33. The molecule has 3 amide bonds. The highest BCUT2D eigenvalue weighted by molar-refractivity contribution is 5.93. The van der Waals surface area contributed by atoms with Gasteiger partial charge in [0.25, 0.3) is 0 Å². The average molecular weight is 586 g/mol. The summed E-state index contributed by atoms with van der Waals surface area (Å²) in [5.41, 5.74) is 3.04. The number of hydrogen-bond acceptors (Lipinski definition) is 4. The van der Waals surface area contributed by atoms with Gasteiger partial charge in [-0.2, -0.15) is 0 Å². The molecule has 7 heteroatoms. The fraction of sp³-hybridized carbons (Fsp3) is 0.417. The van der Waals surface area contributed by atoms with E-state index in [9.17, 15) is 14.4 Å². The summed E-state index contributed by atoms with van der Waals surface area (Å²) < 4.78 is 5.56. The molecule has 3 aromatic rings. The van der Waals surface area contributed by atoms with Crippen molar-refractivity contribution >= 4 is 17.9 Å². The minimum absolute atomic E-state index is 0.237. The van der Waals surface area contributed by atoms with Crippen LogP contribution in [0.2, 0.25) is 0 Å². The van der Waals surface area contributed by atoms with Gasteiger partial charge in [0, 0.05) is 18.5 Å². The Hall–Kier alpha value is -4.13. The Morgan fingerprint density at radius 3 is 1.86 bits per heavy atom. The van der Waals surface area contributed by atoms with Crippen molar-refractivity contribution in [1.29, 1.82) is 0 Å². The van der Waals surface area contributed by atoms with E-state index in [0.29, 0.717) is 18.5 Å². The molecule has 0 aliphatic rings. The van der Waals surface area contributed by atoms with Crippen LogP contribution >= 0.6 is 0 Å². The number of ether oxygens (including phenoxy) is 1. The van der Waals surface area contributed by atoms with E-state index in [4.69, 9.17) is 4.74 Å². The molecule has 3 aromatic carbocycles. The van der Waals surface area contributed by atoms with Gasteiger partial charge in [0.1, 0.15) is 17.7 Å². The van der Waals surface area contributed by atoms with Gasteiger partial charge in [-0.25, -0.2) is 4.79 Å². The first-order chi connectivity index (χ1) is 20.2. The fourth-order valence-electron chi connectivity index (χ4n) is 5.08. The smallest absolute Gasteiger partial charge is 0.408 e. The lowest BCUT2D eigenvalue weighted by Crippen LogP contribution is -2.59. The van der Waals surface area contributed by atoms with Crippen LogP contribution in [0, 0.1) is 13.8 Å². The van der Waals surface area contributed by atoms with Crippen LogP contribution in [-0.2, 0) is 27.3 Å². The third-order valence-corrected chi connectivity index (χ3v) is 7.40. The van der Waals surface area contributed by atoms with Crippen molar-refractivity contribution in [2.24, 2.45) is 0 Å². The number of alkyl carbamates (subject to hydrolysis) is 1. The molecule has 0 aliphatic carbocycles. The van der Waals surface area contributed by atoms with E-state index in [1.54, 1.807) is 25.7 Å². The first-order valence-corrected chi connectivity index (χ1v) is 15.0. The molecular weight excluding hydrogens is 538 g/mol. The van der Waals surface area contributed by atoms with Crippen LogP contribution in [0.4, 0.5) is 4.79 Å². The van der Waals surface area contributed by atoms with Crippen LogP contribution in [0.3, 0.4) is 0 Å². The Morgan fingerprint density at radius 1 is 0.814 bits per heavy atom. The molecule has 0 spiro atoms. The van der Waals surface area contributed by atoms with Gasteiger partial charge >= 0.3 is 6.09 Å². The maximum atomic E-state index is 14.8. The predicted octanol–water partition coefficient (Wildman–Crippen LogP) is 6.81. The lowest BCUT2D eigenvalue weighted by atomic mass is 9.90. The molecule has 0 bridgehead atoms. The molecule has 0 aromatic heterocycles. The number of nitrogens with one attached hydrogen (secondary N) is 2. The molecule has 3 rings (SSSR count). The molecule has 2 unspecified atom stereocenters. The maximum absolute atomic E-state index is 14.8. The van der Waals surface area contributed by atoms with Crippen molar-refractivity contribution in [3.63, 3.8) is 0 Å². The summed E-state index contributed by atoms with van der Waals surface area (Å²) in [7, 11) is 0. The number of rotatable bonds is 11.